The van der Waals surface area contributed by atoms with Crippen molar-refractivity contribution in [3.8, 4) is 0 Å². The van der Waals surface area contributed by atoms with Gasteiger partial charge in [0.05, 0.1) is 5.69 Å². The predicted octanol–water partition coefficient (Wildman–Crippen LogP) is 3.45. The van der Waals surface area contributed by atoms with Crippen LogP contribution in [0.5, 0.6) is 0 Å². The fourth-order valence-corrected chi connectivity index (χ4v) is 3.45. The van der Waals surface area contributed by atoms with Gasteiger partial charge in [-0.05, 0) is 49.6 Å². The van der Waals surface area contributed by atoms with Gasteiger partial charge in [0, 0.05) is 19.0 Å². The summed E-state index contributed by atoms with van der Waals surface area (Å²) in [5, 5.41) is 13.3. The number of amides is 1. The molecule has 0 radical (unpaired) electrons. The number of halogens is 4. The molecular weight excluding hydrogens is 404 g/mol. The SMILES string of the molecule is Cc1ccc(NC(=O)C2CCN(c3ccc4nnc(C(F)(F)F)n4n3)CC2)c(F)c1. The fourth-order valence-electron chi connectivity index (χ4n) is 3.45. The molecule has 0 unspecified atom stereocenters. The maximum absolute atomic E-state index is 14.0. The minimum atomic E-state index is -4.67. The number of aryl methyl sites for hydroxylation is 1. The van der Waals surface area contributed by atoms with Gasteiger partial charge in [0.2, 0.25) is 5.91 Å². The molecule has 30 heavy (non-hydrogen) atoms. The van der Waals surface area contributed by atoms with Gasteiger partial charge in [0.1, 0.15) is 11.6 Å². The van der Waals surface area contributed by atoms with Crippen molar-refractivity contribution in [1.82, 2.24) is 19.8 Å². The summed E-state index contributed by atoms with van der Waals surface area (Å²) in [7, 11) is 0. The molecule has 1 aromatic carbocycles. The fraction of sp³-hybridized carbons (Fsp3) is 0.368. The van der Waals surface area contributed by atoms with Gasteiger partial charge in [-0.15, -0.1) is 15.3 Å². The molecule has 7 nitrogen and oxygen atoms in total. The number of rotatable bonds is 3. The summed E-state index contributed by atoms with van der Waals surface area (Å²) >= 11 is 0. The summed E-state index contributed by atoms with van der Waals surface area (Å²) in [6, 6.07) is 7.58. The summed E-state index contributed by atoms with van der Waals surface area (Å²) in [5.74, 6) is -1.94. The third-order valence-corrected chi connectivity index (χ3v) is 5.07. The number of nitrogens with zero attached hydrogens (tertiary/aromatic N) is 5. The van der Waals surface area contributed by atoms with Gasteiger partial charge in [-0.25, -0.2) is 4.39 Å². The monoisotopic (exact) mass is 422 g/mol. The molecule has 0 atom stereocenters. The van der Waals surface area contributed by atoms with E-state index in [0.717, 1.165) is 5.56 Å². The topological polar surface area (TPSA) is 75.4 Å². The summed E-state index contributed by atoms with van der Waals surface area (Å²) in [4.78, 5) is 14.3. The van der Waals surface area contributed by atoms with Crippen LogP contribution >= 0.6 is 0 Å². The molecule has 1 saturated heterocycles. The van der Waals surface area contributed by atoms with Gasteiger partial charge >= 0.3 is 6.18 Å². The molecule has 4 rings (SSSR count). The molecule has 0 saturated carbocycles. The Morgan fingerprint density at radius 3 is 2.53 bits per heavy atom. The van der Waals surface area contributed by atoms with Gasteiger partial charge in [-0.1, -0.05) is 6.07 Å². The number of hydrogen-bond donors (Lipinski definition) is 1. The van der Waals surface area contributed by atoms with Crippen LogP contribution in [0.2, 0.25) is 0 Å². The summed E-state index contributed by atoms with van der Waals surface area (Å²) in [6.45, 7) is 2.61. The number of benzene rings is 1. The predicted molar refractivity (Wildman–Crippen MR) is 100 cm³/mol. The lowest BCUT2D eigenvalue weighted by Gasteiger charge is -2.32. The van der Waals surface area contributed by atoms with Crippen molar-refractivity contribution in [2.24, 2.45) is 5.92 Å². The number of aromatic nitrogens is 4. The molecule has 1 aliphatic heterocycles. The molecule has 3 heterocycles. The van der Waals surface area contributed by atoms with E-state index < -0.39 is 17.8 Å². The maximum atomic E-state index is 14.0. The maximum Gasteiger partial charge on any atom is 0.453 e. The number of hydrogen-bond acceptors (Lipinski definition) is 5. The van der Waals surface area contributed by atoms with E-state index in [0.29, 0.717) is 36.3 Å². The molecule has 1 amide bonds. The second-order valence-corrected chi connectivity index (χ2v) is 7.22. The van der Waals surface area contributed by atoms with Crippen LogP contribution < -0.4 is 10.2 Å². The van der Waals surface area contributed by atoms with Gasteiger partial charge in [0.25, 0.3) is 5.82 Å². The van der Waals surface area contributed by atoms with Crippen molar-refractivity contribution >= 4 is 23.1 Å². The molecule has 1 fully saturated rings. The van der Waals surface area contributed by atoms with Crippen LogP contribution in [0, 0.1) is 18.7 Å². The first-order chi connectivity index (χ1) is 14.2. The first-order valence-electron chi connectivity index (χ1n) is 9.34. The molecule has 0 aliphatic carbocycles. The van der Waals surface area contributed by atoms with Crippen LogP contribution in [-0.2, 0) is 11.0 Å². The van der Waals surface area contributed by atoms with Gasteiger partial charge < -0.3 is 10.2 Å². The molecular formula is C19H18F4N6O. The minimum absolute atomic E-state index is 0.000429. The van der Waals surface area contributed by atoms with Crippen molar-refractivity contribution in [1.29, 1.82) is 0 Å². The Morgan fingerprint density at radius 2 is 1.87 bits per heavy atom. The lowest BCUT2D eigenvalue weighted by atomic mass is 9.95. The van der Waals surface area contributed by atoms with Crippen LogP contribution in [0.25, 0.3) is 5.65 Å². The Labute approximate surface area is 168 Å². The standard InChI is InChI=1S/C19H18F4N6O/c1-11-2-3-14(13(20)10-11)24-17(30)12-6-8-28(9-7-12)16-5-4-15-25-26-18(19(21,22)23)29(15)27-16/h2-5,10,12H,6-9H2,1H3,(H,24,30). The average molecular weight is 422 g/mol. The number of carbonyl (C=O) groups excluding carboxylic acids is 1. The zero-order chi connectivity index (χ0) is 21.5. The van der Waals surface area contributed by atoms with Crippen molar-refractivity contribution < 1.29 is 22.4 Å². The van der Waals surface area contributed by atoms with E-state index in [1.807, 2.05) is 0 Å². The number of anilines is 2. The Bertz CT molecular complexity index is 1090. The minimum Gasteiger partial charge on any atom is -0.355 e. The Balaban J connectivity index is 1.43. The Hall–Kier alpha value is -3.24. The highest BCUT2D eigenvalue weighted by Gasteiger charge is 2.38. The summed E-state index contributed by atoms with van der Waals surface area (Å²) in [5.41, 5.74) is 0.887. The normalized spacial score (nSPS) is 15.6. The number of carbonyl (C=O) groups is 1. The van der Waals surface area contributed by atoms with Crippen LogP contribution in [0.3, 0.4) is 0 Å². The molecule has 0 bridgehead atoms. The van der Waals surface area contributed by atoms with Crippen LogP contribution in [0.1, 0.15) is 24.2 Å². The number of alkyl halides is 3. The van der Waals surface area contributed by atoms with E-state index in [1.165, 1.54) is 18.2 Å². The van der Waals surface area contributed by atoms with Crippen molar-refractivity contribution in [2.75, 3.05) is 23.3 Å². The van der Waals surface area contributed by atoms with E-state index in [9.17, 15) is 22.4 Å². The average Bonchev–Trinajstić information content (AvgIpc) is 3.14. The molecule has 3 aromatic rings. The van der Waals surface area contributed by atoms with E-state index in [2.05, 4.69) is 20.6 Å². The summed E-state index contributed by atoms with van der Waals surface area (Å²) < 4.78 is 53.8. The van der Waals surface area contributed by atoms with Gasteiger partial charge in [-0.3, -0.25) is 4.79 Å². The highest BCUT2D eigenvalue weighted by Crippen LogP contribution is 2.29. The third kappa shape index (κ3) is 3.91. The summed E-state index contributed by atoms with van der Waals surface area (Å²) in [6.07, 6.45) is -3.73. The van der Waals surface area contributed by atoms with E-state index in [1.54, 1.807) is 24.0 Å². The highest BCUT2D eigenvalue weighted by molar-refractivity contribution is 5.92. The molecule has 158 valence electrons. The van der Waals surface area contributed by atoms with Crippen molar-refractivity contribution in [2.45, 2.75) is 25.9 Å². The van der Waals surface area contributed by atoms with E-state index in [4.69, 9.17) is 0 Å². The molecule has 2 aromatic heterocycles. The van der Waals surface area contributed by atoms with Crippen LogP contribution in [-0.4, -0.2) is 38.8 Å². The highest BCUT2D eigenvalue weighted by atomic mass is 19.4. The first-order valence-corrected chi connectivity index (χ1v) is 9.34. The molecule has 11 heteroatoms. The van der Waals surface area contributed by atoms with E-state index >= 15 is 0 Å². The van der Waals surface area contributed by atoms with Crippen LogP contribution in [0.4, 0.5) is 29.1 Å². The second-order valence-electron chi connectivity index (χ2n) is 7.22. The second kappa shape index (κ2) is 7.54. The Morgan fingerprint density at radius 1 is 1.13 bits per heavy atom. The lowest BCUT2D eigenvalue weighted by Crippen LogP contribution is -2.38. The largest absolute Gasteiger partial charge is 0.453 e. The van der Waals surface area contributed by atoms with Crippen molar-refractivity contribution in [3.05, 3.63) is 47.5 Å². The number of piperidine rings is 1. The van der Waals surface area contributed by atoms with E-state index in [-0.39, 0.29) is 23.2 Å². The molecule has 0 spiro atoms. The zero-order valence-corrected chi connectivity index (χ0v) is 15.9. The molecule has 1 aliphatic rings. The quantitative estimate of drug-likeness (QED) is 0.655. The lowest BCUT2D eigenvalue weighted by molar-refractivity contribution is -0.146. The number of fused-ring (bicyclic) bond motifs is 1. The smallest absolute Gasteiger partial charge is 0.355 e. The Kier molecular flexibility index (Phi) is 5.04. The molecule has 1 N–H and O–H groups in total. The third-order valence-electron chi connectivity index (χ3n) is 5.07. The zero-order valence-electron chi connectivity index (χ0n) is 15.9. The van der Waals surface area contributed by atoms with Gasteiger partial charge in [-0.2, -0.15) is 17.7 Å². The number of nitrogens with one attached hydrogen (secondary N) is 1. The van der Waals surface area contributed by atoms with Crippen LogP contribution in [0.15, 0.2) is 30.3 Å². The first kappa shape index (κ1) is 20.0. The van der Waals surface area contributed by atoms with Crippen molar-refractivity contribution in [3.63, 3.8) is 0 Å². The van der Waals surface area contributed by atoms with Gasteiger partial charge in [0.15, 0.2) is 5.65 Å².